The van der Waals surface area contributed by atoms with Gasteiger partial charge in [0.25, 0.3) is 0 Å². The van der Waals surface area contributed by atoms with Crippen molar-refractivity contribution in [3.8, 4) is 0 Å². The Morgan fingerprint density at radius 3 is 3.00 bits per heavy atom. The average molecular weight is 262 g/mol. The number of nitrogens with zero attached hydrogens (tertiary/aromatic N) is 3. The summed E-state index contributed by atoms with van der Waals surface area (Å²) in [6.45, 7) is 2.31. The highest BCUT2D eigenvalue weighted by molar-refractivity contribution is 6.32. The van der Waals surface area contributed by atoms with E-state index in [0.29, 0.717) is 18.2 Å². The first-order chi connectivity index (χ1) is 7.65. The zero-order valence-electron chi connectivity index (χ0n) is 8.74. The van der Waals surface area contributed by atoms with Crippen molar-refractivity contribution in [2.75, 3.05) is 13.1 Å². The number of halogens is 2. The van der Waals surface area contributed by atoms with Crippen molar-refractivity contribution in [2.24, 2.45) is 0 Å². The zero-order valence-corrected chi connectivity index (χ0v) is 10.2. The van der Waals surface area contributed by atoms with Crippen molar-refractivity contribution in [1.82, 2.24) is 14.9 Å². The quantitative estimate of drug-likeness (QED) is 0.651. The van der Waals surface area contributed by atoms with Crippen LogP contribution in [0, 0.1) is 0 Å². The van der Waals surface area contributed by atoms with Crippen molar-refractivity contribution in [3.05, 3.63) is 22.2 Å². The highest BCUT2D eigenvalue weighted by Crippen LogP contribution is 2.18. The van der Waals surface area contributed by atoms with E-state index < -0.39 is 0 Å². The summed E-state index contributed by atoms with van der Waals surface area (Å²) in [5.74, 6) is 0. The van der Waals surface area contributed by atoms with Crippen LogP contribution in [-0.4, -0.2) is 39.2 Å². The van der Waals surface area contributed by atoms with E-state index in [1.165, 1.54) is 0 Å². The Morgan fingerprint density at radius 1 is 1.50 bits per heavy atom. The molecular formula is C10H13Cl2N3O. The Bertz CT molecular complexity index is 375. The first-order valence-electron chi connectivity index (χ1n) is 5.22. The molecule has 0 aromatic carbocycles. The number of likely N-dealkylation sites (tertiary alicyclic amines) is 1. The van der Waals surface area contributed by atoms with Crippen LogP contribution in [0.15, 0.2) is 6.20 Å². The van der Waals surface area contributed by atoms with Crippen molar-refractivity contribution in [1.29, 1.82) is 0 Å². The van der Waals surface area contributed by atoms with Gasteiger partial charge < -0.3 is 5.11 Å². The molecule has 1 unspecified atom stereocenters. The van der Waals surface area contributed by atoms with E-state index in [2.05, 4.69) is 14.9 Å². The molecule has 4 nitrogen and oxygen atoms in total. The molecule has 1 aliphatic heterocycles. The van der Waals surface area contributed by atoms with Gasteiger partial charge in [-0.15, -0.1) is 0 Å². The van der Waals surface area contributed by atoms with Gasteiger partial charge in [0.05, 0.1) is 6.10 Å². The number of hydrogen-bond acceptors (Lipinski definition) is 4. The zero-order chi connectivity index (χ0) is 11.5. The molecule has 1 aliphatic rings. The number of aliphatic hydroxyl groups is 1. The molecule has 1 saturated heterocycles. The largest absolute Gasteiger partial charge is 0.392 e. The SMILES string of the molecule is OC1CCCN(Cc2cnc(Cl)nc2Cl)C1. The van der Waals surface area contributed by atoms with E-state index in [0.717, 1.165) is 24.9 Å². The molecule has 1 fully saturated rings. The molecule has 0 bridgehead atoms. The molecule has 6 heteroatoms. The van der Waals surface area contributed by atoms with Crippen LogP contribution in [0.1, 0.15) is 18.4 Å². The van der Waals surface area contributed by atoms with Crippen molar-refractivity contribution in [2.45, 2.75) is 25.5 Å². The van der Waals surface area contributed by atoms with E-state index >= 15 is 0 Å². The summed E-state index contributed by atoms with van der Waals surface area (Å²) >= 11 is 11.6. The van der Waals surface area contributed by atoms with E-state index in [4.69, 9.17) is 23.2 Å². The van der Waals surface area contributed by atoms with Crippen LogP contribution in [0.4, 0.5) is 0 Å². The Hall–Kier alpha value is -0.420. The topological polar surface area (TPSA) is 49.2 Å². The summed E-state index contributed by atoms with van der Waals surface area (Å²) in [5.41, 5.74) is 0.847. The maximum Gasteiger partial charge on any atom is 0.223 e. The van der Waals surface area contributed by atoms with Crippen LogP contribution in [0.3, 0.4) is 0 Å². The highest BCUT2D eigenvalue weighted by Gasteiger charge is 2.18. The summed E-state index contributed by atoms with van der Waals surface area (Å²) in [5, 5.41) is 10.1. The summed E-state index contributed by atoms with van der Waals surface area (Å²) in [4.78, 5) is 9.94. The molecule has 1 aromatic rings. The second kappa shape index (κ2) is 5.27. The van der Waals surface area contributed by atoms with Crippen molar-refractivity contribution in [3.63, 3.8) is 0 Å². The van der Waals surface area contributed by atoms with Gasteiger partial charge in [0.15, 0.2) is 0 Å². The van der Waals surface area contributed by atoms with Crippen LogP contribution in [0.2, 0.25) is 10.4 Å². The Kier molecular flexibility index (Phi) is 3.97. The minimum absolute atomic E-state index is 0.160. The highest BCUT2D eigenvalue weighted by atomic mass is 35.5. The molecule has 2 rings (SSSR count). The van der Waals surface area contributed by atoms with Gasteiger partial charge in [-0.25, -0.2) is 9.97 Å². The predicted octanol–water partition coefficient (Wildman–Crippen LogP) is 1.74. The monoisotopic (exact) mass is 261 g/mol. The lowest BCUT2D eigenvalue weighted by Crippen LogP contribution is -2.37. The molecular weight excluding hydrogens is 249 g/mol. The van der Waals surface area contributed by atoms with Crippen LogP contribution in [-0.2, 0) is 6.54 Å². The van der Waals surface area contributed by atoms with Crippen LogP contribution >= 0.6 is 23.2 Å². The number of hydrogen-bond donors (Lipinski definition) is 1. The molecule has 0 spiro atoms. The van der Waals surface area contributed by atoms with Gasteiger partial charge in [0.2, 0.25) is 5.28 Å². The number of aromatic nitrogens is 2. The first kappa shape index (κ1) is 12.0. The molecule has 0 amide bonds. The number of β-amino-alcohol motifs (C(OH)–C–C–N with tert-alkyl or cyclic N) is 1. The Balaban J connectivity index is 2.02. The van der Waals surface area contributed by atoms with Crippen LogP contribution < -0.4 is 0 Å². The van der Waals surface area contributed by atoms with Gasteiger partial charge in [-0.2, -0.15) is 0 Å². The number of aliphatic hydroxyl groups excluding tert-OH is 1. The smallest absolute Gasteiger partial charge is 0.223 e. The number of rotatable bonds is 2. The van der Waals surface area contributed by atoms with Crippen LogP contribution in [0.25, 0.3) is 0 Å². The van der Waals surface area contributed by atoms with Gasteiger partial charge in [-0.05, 0) is 31.0 Å². The molecule has 0 aliphatic carbocycles. The molecule has 1 atom stereocenters. The maximum atomic E-state index is 9.54. The Morgan fingerprint density at radius 2 is 2.31 bits per heavy atom. The van der Waals surface area contributed by atoms with E-state index in [9.17, 15) is 5.11 Å². The molecule has 1 N–H and O–H groups in total. The van der Waals surface area contributed by atoms with Gasteiger partial charge >= 0.3 is 0 Å². The lowest BCUT2D eigenvalue weighted by Gasteiger charge is -2.29. The fourth-order valence-electron chi connectivity index (χ4n) is 1.89. The standard InChI is InChI=1S/C10H13Cl2N3O/c11-9-7(4-13-10(12)14-9)5-15-3-1-2-8(16)6-15/h4,8,16H,1-3,5-6H2. The van der Waals surface area contributed by atoms with Gasteiger partial charge in [0.1, 0.15) is 5.15 Å². The minimum Gasteiger partial charge on any atom is -0.392 e. The molecule has 2 heterocycles. The summed E-state index contributed by atoms with van der Waals surface area (Å²) in [6, 6.07) is 0. The van der Waals surface area contributed by atoms with Crippen LogP contribution in [0.5, 0.6) is 0 Å². The van der Waals surface area contributed by atoms with E-state index in [-0.39, 0.29) is 11.4 Å². The lowest BCUT2D eigenvalue weighted by molar-refractivity contribution is 0.0667. The minimum atomic E-state index is -0.235. The van der Waals surface area contributed by atoms with Crippen molar-refractivity contribution < 1.29 is 5.11 Å². The molecule has 0 saturated carbocycles. The second-order valence-corrected chi connectivity index (χ2v) is 4.68. The summed E-state index contributed by atoms with van der Waals surface area (Å²) in [7, 11) is 0. The Labute approximate surface area is 104 Å². The van der Waals surface area contributed by atoms with E-state index in [1.807, 2.05) is 0 Å². The predicted molar refractivity (Wildman–Crippen MR) is 62.6 cm³/mol. The van der Waals surface area contributed by atoms with Gasteiger partial charge in [-0.3, -0.25) is 4.90 Å². The number of piperidine rings is 1. The van der Waals surface area contributed by atoms with Crippen molar-refractivity contribution >= 4 is 23.2 Å². The maximum absolute atomic E-state index is 9.54. The molecule has 1 aromatic heterocycles. The summed E-state index contributed by atoms with van der Waals surface area (Å²) in [6.07, 6.45) is 3.29. The average Bonchev–Trinajstić information content (AvgIpc) is 2.22. The third-order valence-electron chi connectivity index (χ3n) is 2.66. The van der Waals surface area contributed by atoms with Gasteiger partial charge in [-0.1, -0.05) is 11.6 Å². The fourth-order valence-corrected chi connectivity index (χ4v) is 2.25. The first-order valence-corrected chi connectivity index (χ1v) is 5.98. The lowest BCUT2D eigenvalue weighted by atomic mass is 10.1. The molecule has 16 heavy (non-hydrogen) atoms. The van der Waals surface area contributed by atoms with E-state index in [1.54, 1.807) is 6.20 Å². The third kappa shape index (κ3) is 3.04. The van der Waals surface area contributed by atoms with Gasteiger partial charge in [0, 0.05) is 24.8 Å². The normalized spacial score (nSPS) is 22.3. The second-order valence-electron chi connectivity index (χ2n) is 3.99. The summed E-state index contributed by atoms with van der Waals surface area (Å²) < 4.78 is 0. The third-order valence-corrected chi connectivity index (χ3v) is 3.17. The fraction of sp³-hybridized carbons (Fsp3) is 0.600. The molecule has 0 radical (unpaired) electrons. The molecule has 88 valence electrons.